The molecule has 0 bridgehead atoms. The highest BCUT2D eigenvalue weighted by molar-refractivity contribution is 8.18. The Labute approximate surface area is 90.2 Å². The number of carbonyl (C=O) groups excluding carboxylic acids is 3. The Bertz CT molecular complexity index is 410. The molecule has 2 amide bonds. The Morgan fingerprint density at radius 1 is 1.33 bits per heavy atom. The van der Waals surface area contributed by atoms with Crippen molar-refractivity contribution in [3.8, 4) is 0 Å². The number of carbonyl (C=O) groups is 3. The second-order valence-electron chi connectivity index (χ2n) is 4.01. The normalized spacial score (nSPS) is 29.3. The van der Waals surface area contributed by atoms with Gasteiger partial charge in [0.15, 0.2) is 0 Å². The maximum absolute atomic E-state index is 11.4. The summed E-state index contributed by atoms with van der Waals surface area (Å²) in [6, 6.07) is 0. The molecule has 0 aromatic heterocycles. The number of imide groups is 1. The van der Waals surface area contributed by atoms with Crippen molar-refractivity contribution in [3.63, 3.8) is 0 Å². The van der Waals surface area contributed by atoms with Crippen LogP contribution in [0.25, 0.3) is 0 Å². The zero-order chi connectivity index (χ0) is 11.2. The molecule has 2 aliphatic rings. The maximum atomic E-state index is 11.4. The van der Waals surface area contributed by atoms with Gasteiger partial charge in [-0.25, -0.2) is 4.79 Å². The van der Waals surface area contributed by atoms with E-state index in [0.717, 1.165) is 11.8 Å². The van der Waals surface area contributed by atoms with Crippen LogP contribution in [0.4, 0.5) is 4.79 Å². The van der Waals surface area contributed by atoms with Gasteiger partial charge in [0.05, 0.1) is 10.5 Å². The van der Waals surface area contributed by atoms with Crippen LogP contribution in [0.1, 0.15) is 13.8 Å². The lowest BCUT2D eigenvalue weighted by molar-refractivity contribution is -0.135. The van der Waals surface area contributed by atoms with E-state index in [1.54, 1.807) is 13.8 Å². The van der Waals surface area contributed by atoms with Gasteiger partial charge in [-0.15, -0.1) is 0 Å². The molecule has 0 radical (unpaired) electrons. The standard InChI is InChI=1S/C9H9NO4S/c1-9(2)3-14-7(12)4(9)5-6(11)10-8(13)15-5/h3H2,1-2H3,(H,10,11,13)/b5-4+. The quantitative estimate of drug-likeness (QED) is 0.489. The van der Waals surface area contributed by atoms with Gasteiger partial charge in [0.2, 0.25) is 0 Å². The van der Waals surface area contributed by atoms with E-state index in [1.165, 1.54) is 0 Å². The van der Waals surface area contributed by atoms with Gasteiger partial charge >= 0.3 is 5.97 Å². The number of thioether (sulfide) groups is 1. The van der Waals surface area contributed by atoms with Gasteiger partial charge in [-0.2, -0.15) is 0 Å². The molecule has 0 saturated carbocycles. The molecule has 0 spiro atoms. The third-order valence-corrected chi connectivity index (χ3v) is 3.17. The van der Waals surface area contributed by atoms with Crippen LogP contribution in [0.5, 0.6) is 0 Å². The molecule has 2 heterocycles. The molecule has 0 unspecified atom stereocenters. The lowest BCUT2D eigenvalue weighted by atomic mass is 9.87. The van der Waals surface area contributed by atoms with Crippen molar-refractivity contribution in [2.24, 2.45) is 5.41 Å². The summed E-state index contributed by atoms with van der Waals surface area (Å²) in [6.07, 6.45) is 0. The summed E-state index contributed by atoms with van der Waals surface area (Å²) < 4.78 is 4.88. The predicted molar refractivity (Wildman–Crippen MR) is 52.9 cm³/mol. The molecule has 0 aliphatic carbocycles. The van der Waals surface area contributed by atoms with E-state index >= 15 is 0 Å². The number of amides is 2. The van der Waals surface area contributed by atoms with Crippen molar-refractivity contribution in [2.75, 3.05) is 6.61 Å². The van der Waals surface area contributed by atoms with Crippen molar-refractivity contribution in [3.05, 3.63) is 10.5 Å². The van der Waals surface area contributed by atoms with E-state index in [0.29, 0.717) is 5.57 Å². The van der Waals surface area contributed by atoms with Gasteiger partial charge in [-0.3, -0.25) is 14.9 Å². The highest BCUT2D eigenvalue weighted by atomic mass is 32.2. The fourth-order valence-corrected chi connectivity index (χ4v) is 2.48. The fourth-order valence-electron chi connectivity index (χ4n) is 1.55. The zero-order valence-electron chi connectivity index (χ0n) is 8.25. The molecule has 5 nitrogen and oxygen atoms in total. The van der Waals surface area contributed by atoms with Gasteiger partial charge in [0.1, 0.15) is 6.61 Å². The number of rotatable bonds is 0. The first kappa shape index (κ1) is 10.2. The lowest BCUT2D eigenvalue weighted by Crippen LogP contribution is -2.22. The number of hydrogen-bond acceptors (Lipinski definition) is 5. The lowest BCUT2D eigenvalue weighted by Gasteiger charge is -2.14. The summed E-state index contributed by atoms with van der Waals surface area (Å²) in [5, 5.41) is 1.68. The summed E-state index contributed by atoms with van der Waals surface area (Å²) in [5.74, 6) is -1.01. The molecule has 80 valence electrons. The second-order valence-corrected chi connectivity index (χ2v) is 4.99. The monoisotopic (exact) mass is 227 g/mol. The third kappa shape index (κ3) is 1.54. The van der Waals surface area contributed by atoms with Gasteiger partial charge < -0.3 is 4.74 Å². The molecule has 0 aromatic carbocycles. The predicted octanol–water partition coefficient (Wildman–Crippen LogP) is 0.806. The Balaban J connectivity index is 2.52. The molecule has 2 aliphatic heterocycles. The van der Waals surface area contributed by atoms with E-state index in [4.69, 9.17) is 4.74 Å². The van der Waals surface area contributed by atoms with E-state index in [9.17, 15) is 14.4 Å². The van der Waals surface area contributed by atoms with Crippen LogP contribution in [0.2, 0.25) is 0 Å². The zero-order valence-corrected chi connectivity index (χ0v) is 9.06. The number of esters is 1. The van der Waals surface area contributed by atoms with Crippen LogP contribution < -0.4 is 5.32 Å². The summed E-state index contributed by atoms with van der Waals surface area (Å²) >= 11 is 0.756. The number of cyclic esters (lactones) is 1. The molecule has 0 atom stereocenters. The van der Waals surface area contributed by atoms with E-state index in [2.05, 4.69) is 5.32 Å². The van der Waals surface area contributed by atoms with E-state index < -0.39 is 22.5 Å². The first-order valence-corrected chi connectivity index (χ1v) is 5.18. The van der Waals surface area contributed by atoms with Crippen LogP contribution in [0, 0.1) is 5.41 Å². The van der Waals surface area contributed by atoms with Crippen LogP contribution in [-0.2, 0) is 14.3 Å². The topological polar surface area (TPSA) is 72.5 Å². The van der Waals surface area contributed by atoms with Crippen LogP contribution in [0.15, 0.2) is 10.5 Å². The fraction of sp³-hybridized carbons (Fsp3) is 0.444. The summed E-state index contributed by atoms with van der Waals surface area (Å²) in [7, 11) is 0. The van der Waals surface area contributed by atoms with Gasteiger partial charge in [0, 0.05) is 5.41 Å². The number of nitrogens with one attached hydrogen (secondary N) is 1. The van der Waals surface area contributed by atoms with E-state index in [-0.39, 0.29) is 11.5 Å². The average Bonchev–Trinajstić information content (AvgIpc) is 2.54. The number of ether oxygens (including phenoxy) is 1. The molecule has 1 N–H and O–H groups in total. The second kappa shape index (κ2) is 3.10. The molecule has 2 rings (SSSR count). The summed E-state index contributed by atoms with van der Waals surface area (Å²) in [4.78, 5) is 34.0. The Morgan fingerprint density at radius 2 is 2.00 bits per heavy atom. The Morgan fingerprint density at radius 3 is 2.40 bits per heavy atom. The van der Waals surface area contributed by atoms with Gasteiger partial charge in [0.25, 0.3) is 11.1 Å². The SMILES string of the molecule is CC1(C)COC(=O)/C1=C1\SC(=O)NC1=O. The maximum Gasteiger partial charge on any atom is 0.336 e. The van der Waals surface area contributed by atoms with Gasteiger partial charge in [-0.1, -0.05) is 13.8 Å². The minimum Gasteiger partial charge on any atom is -0.461 e. The Hall–Kier alpha value is -1.30. The van der Waals surface area contributed by atoms with Crippen molar-refractivity contribution >= 4 is 28.9 Å². The highest BCUT2D eigenvalue weighted by Gasteiger charge is 2.44. The molecular weight excluding hydrogens is 218 g/mol. The molecule has 2 fully saturated rings. The van der Waals surface area contributed by atoms with Crippen molar-refractivity contribution in [1.82, 2.24) is 5.32 Å². The van der Waals surface area contributed by atoms with E-state index in [1.807, 2.05) is 0 Å². The minimum atomic E-state index is -0.513. The van der Waals surface area contributed by atoms with Gasteiger partial charge in [-0.05, 0) is 11.8 Å². The molecular formula is C9H9NO4S. The van der Waals surface area contributed by atoms with Crippen molar-refractivity contribution in [1.29, 1.82) is 0 Å². The average molecular weight is 227 g/mol. The summed E-state index contributed by atoms with van der Waals surface area (Å²) in [6.45, 7) is 3.85. The summed E-state index contributed by atoms with van der Waals surface area (Å²) in [5.41, 5.74) is -0.211. The largest absolute Gasteiger partial charge is 0.461 e. The van der Waals surface area contributed by atoms with Crippen LogP contribution >= 0.6 is 11.8 Å². The molecule has 15 heavy (non-hydrogen) atoms. The number of hydrogen-bond donors (Lipinski definition) is 1. The minimum absolute atomic E-state index is 0.174. The Kier molecular flexibility index (Phi) is 2.11. The van der Waals surface area contributed by atoms with Crippen LogP contribution in [0.3, 0.4) is 0 Å². The third-order valence-electron chi connectivity index (χ3n) is 2.29. The molecule has 6 heteroatoms. The van der Waals surface area contributed by atoms with Crippen molar-refractivity contribution < 1.29 is 19.1 Å². The molecule has 0 aromatic rings. The van der Waals surface area contributed by atoms with Crippen molar-refractivity contribution in [2.45, 2.75) is 13.8 Å². The first-order chi connectivity index (χ1) is 6.92. The smallest absolute Gasteiger partial charge is 0.336 e. The van der Waals surface area contributed by atoms with Crippen LogP contribution in [-0.4, -0.2) is 23.7 Å². The first-order valence-electron chi connectivity index (χ1n) is 4.37. The molecule has 2 saturated heterocycles. The highest BCUT2D eigenvalue weighted by Crippen LogP contribution is 2.40.